The van der Waals surface area contributed by atoms with Gasteiger partial charge in [-0.2, -0.15) is 0 Å². The second-order valence-corrected chi connectivity index (χ2v) is 19.7. The van der Waals surface area contributed by atoms with E-state index in [0.29, 0.717) is 19.6 Å². The van der Waals surface area contributed by atoms with Crippen LogP contribution in [0.5, 0.6) is 0 Å². The summed E-state index contributed by atoms with van der Waals surface area (Å²) in [4.78, 5) is 12.3. The van der Waals surface area contributed by atoms with E-state index in [-0.39, 0.29) is 12.6 Å². The van der Waals surface area contributed by atoms with E-state index in [9.17, 15) is 9.90 Å². The fraction of sp³-hybridized carbons (Fsp3) is 0.982. The molecule has 366 valence electrons. The summed E-state index contributed by atoms with van der Waals surface area (Å²) in [5, 5.41) is 9.68. The van der Waals surface area contributed by atoms with E-state index in [1.54, 1.807) is 0 Å². The Labute approximate surface area is 384 Å². The van der Waals surface area contributed by atoms with Crippen LogP contribution in [0.2, 0.25) is 0 Å². The van der Waals surface area contributed by atoms with Crippen molar-refractivity contribution in [3.05, 3.63) is 0 Å². The number of carbonyl (C=O) groups is 1. The van der Waals surface area contributed by atoms with E-state index in [0.717, 1.165) is 19.3 Å². The van der Waals surface area contributed by atoms with Crippen LogP contribution < -0.4 is 0 Å². The zero-order chi connectivity index (χ0) is 44.0. The summed E-state index contributed by atoms with van der Waals surface area (Å²) in [6.07, 6.45) is 68.0. The molecule has 0 aromatic heterocycles. The number of hydrogen-bond acceptors (Lipinski definition) is 4. The lowest BCUT2D eigenvalue weighted by atomic mass is 10.0. The smallest absolute Gasteiger partial charge is 0.306 e. The van der Waals surface area contributed by atoms with Gasteiger partial charge in [-0.15, -0.1) is 0 Å². The van der Waals surface area contributed by atoms with Gasteiger partial charge in [-0.1, -0.05) is 316 Å². The predicted molar refractivity (Wildman–Crippen MR) is 270 cm³/mol. The number of aliphatic hydroxyl groups is 1. The summed E-state index contributed by atoms with van der Waals surface area (Å²) >= 11 is 0. The van der Waals surface area contributed by atoms with Gasteiger partial charge >= 0.3 is 5.97 Å². The van der Waals surface area contributed by atoms with Gasteiger partial charge in [0.25, 0.3) is 0 Å². The lowest BCUT2D eigenvalue weighted by Crippen LogP contribution is -2.27. The van der Waals surface area contributed by atoms with Crippen molar-refractivity contribution in [2.75, 3.05) is 19.8 Å². The van der Waals surface area contributed by atoms with Crippen LogP contribution in [0.1, 0.15) is 335 Å². The molecule has 0 heterocycles. The number of carbonyl (C=O) groups excluding carboxylic acids is 1. The van der Waals surface area contributed by atoms with Crippen molar-refractivity contribution >= 4 is 5.97 Å². The van der Waals surface area contributed by atoms with Crippen LogP contribution in [0.25, 0.3) is 0 Å². The normalized spacial score (nSPS) is 12.1. The van der Waals surface area contributed by atoms with Crippen molar-refractivity contribution in [2.45, 2.75) is 341 Å². The molecule has 0 rings (SSSR count). The van der Waals surface area contributed by atoms with Crippen molar-refractivity contribution in [1.82, 2.24) is 0 Å². The van der Waals surface area contributed by atoms with Gasteiger partial charge in [0.2, 0.25) is 0 Å². The summed E-state index contributed by atoms with van der Waals surface area (Å²) in [5.74, 6) is -0.188. The highest BCUT2D eigenvalue weighted by molar-refractivity contribution is 5.69. The van der Waals surface area contributed by atoms with Gasteiger partial charge in [-0.25, -0.2) is 0 Å². The molecule has 61 heavy (non-hydrogen) atoms. The predicted octanol–water partition coefficient (Wildman–Crippen LogP) is 19.5. The SMILES string of the molecule is CCCCCCCCCCCCCCCCCCCCCCCCCCCC(=O)OC(CO)COCCCCCCCCCCCCCCCCCCCCCCCCCC. The van der Waals surface area contributed by atoms with Crippen molar-refractivity contribution in [1.29, 1.82) is 0 Å². The van der Waals surface area contributed by atoms with Gasteiger partial charge in [-0.05, 0) is 12.8 Å². The maximum Gasteiger partial charge on any atom is 0.306 e. The average molecular weight is 864 g/mol. The van der Waals surface area contributed by atoms with Gasteiger partial charge in [-0.3, -0.25) is 4.79 Å². The number of esters is 1. The van der Waals surface area contributed by atoms with Crippen LogP contribution in [0.15, 0.2) is 0 Å². The zero-order valence-electron chi connectivity index (χ0n) is 42.2. The highest BCUT2D eigenvalue weighted by Gasteiger charge is 2.13. The number of ether oxygens (including phenoxy) is 2. The Morgan fingerprint density at radius 1 is 0.328 bits per heavy atom. The van der Waals surface area contributed by atoms with Gasteiger partial charge in [0.05, 0.1) is 13.2 Å². The quantitative estimate of drug-likeness (QED) is 0.0489. The van der Waals surface area contributed by atoms with Gasteiger partial charge in [0.15, 0.2) is 0 Å². The van der Waals surface area contributed by atoms with E-state index < -0.39 is 6.10 Å². The molecule has 0 fully saturated rings. The first-order valence-electron chi connectivity index (χ1n) is 28.6. The van der Waals surface area contributed by atoms with Crippen molar-refractivity contribution in [3.63, 3.8) is 0 Å². The minimum atomic E-state index is -0.527. The minimum absolute atomic E-state index is 0.162. The Bertz CT molecular complexity index is 785. The molecule has 0 amide bonds. The lowest BCUT2D eigenvalue weighted by Gasteiger charge is -2.16. The summed E-state index contributed by atoms with van der Waals surface area (Å²) in [5.41, 5.74) is 0. The number of hydrogen-bond donors (Lipinski definition) is 1. The highest BCUT2D eigenvalue weighted by atomic mass is 16.6. The van der Waals surface area contributed by atoms with Crippen LogP contribution >= 0.6 is 0 Å². The van der Waals surface area contributed by atoms with Crippen molar-refractivity contribution in [3.8, 4) is 0 Å². The Kier molecular flexibility index (Phi) is 55.0. The molecule has 0 saturated heterocycles. The van der Waals surface area contributed by atoms with E-state index in [1.165, 1.54) is 295 Å². The third-order valence-corrected chi connectivity index (χ3v) is 13.4. The second kappa shape index (κ2) is 55.5. The maximum absolute atomic E-state index is 12.3. The number of unbranched alkanes of at least 4 members (excludes halogenated alkanes) is 47. The van der Waals surface area contributed by atoms with Gasteiger partial charge in [0.1, 0.15) is 6.10 Å². The number of aliphatic hydroxyl groups excluding tert-OH is 1. The molecule has 0 bridgehead atoms. The first kappa shape index (κ1) is 60.4. The third-order valence-electron chi connectivity index (χ3n) is 13.4. The minimum Gasteiger partial charge on any atom is -0.457 e. The molecular weight excluding hydrogens is 749 g/mol. The molecule has 4 heteroatoms. The molecule has 0 radical (unpaired) electrons. The molecule has 0 aliphatic heterocycles. The topological polar surface area (TPSA) is 55.8 Å². The molecule has 0 saturated carbocycles. The first-order chi connectivity index (χ1) is 30.2. The van der Waals surface area contributed by atoms with Crippen molar-refractivity contribution < 1.29 is 19.4 Å². The summed E-state index contributed by atoms with van der Waals surface area (Å²) in [7, 11) is 0. The monoisotopic (exact) mass is 863 g/mol. The average Bonchev–Trinajstić information content (AvgIpc) is 3.27. The molecule has 0 aliphatic rings. The van der Waals surface area contributed by atoms with Crippen LogP contribution in [-0.2, 0) is 14.3 Å². The molecule has 1 unspecified atom stereocenters. The van der Waals surface area contributed by atoms with Crippen LogP contribution in [-0.4, -0.2) is 37.0 Å². The Balaban J connectivity index is 3.30. The fourth-order valence-corrected chi connectivity index (χ4v) is 9.16. The molecule has 0 aromatic carbocycles. The first-order valence-corrected chi connectivity index (χ1v) is 28.6. The largest absolute Gasteiger partial charge is 0.457 e. The molecule has 0 aromatic rings. The van der Waals surface area contributed by atoms with Crippen LogP contribution in [0, 0.1) is 0 Å². The fourth-order valence-electron chi connectivity index (χ4n) is 9.16. The third kappa shape index (κ3) is 53.6. The van der Waals surface area contributed by atoms with Crippen LogP contribution in [0.3, 0.4) is 0 Å². The summed E-state index contributed by atoms with van der Waals surface area (Å²) in [6.45, 7) is 5.43. The Morgan fingerprint density at radius 2 is 0.541 bits per heavy atom. The van der Waals surface area contributed by atoms with E-state index in [1.807, 2.05) is 0 Å². The Hall–Kier alpha value is -0.610. The molecular formula is C57H114O4. The summed E-state index contributed by atoms with van der Waals surface area (Å²) < 4.78 is 11.3. The standard InChI is InChI=1S/C57H114O4/c1-3-5-7-9-11-13-15-17-19-21-23-25-27-29-30-32-34-36-38-40-42-44-46-48-50-52-57(59)61-56(54-58)55-60-53-51-49-47-45-43-41-39-37-35-33-31-28-26-24-22-20-18-16-14-12-10-8-6-4-2/h56,58H,3-55H2,1-2H3. The zero-order valence-corrected chi connectivity index (χ0v) is 42.2. The van der Waals surface area contributed by atoms with Crippen molar-refractivity contribution in [2.24, 2.45) is 0 Å². The summed E-state index contributed by atoms with van der Waals surface area (Å²) in [6, 6.07) is 0. The van der Waals surface area contributed by atoms with Gasteiger partial charge < -0.3 is 14.6 Å². The van der Waals surface area contributed by atoms with E-state index in [2.05, 4.69) is 13.8 Å². The molecule has 1 N–H and O–H groups in total. The molecule has 4 nitrogen and oxygen atoms in total. The number of rotatable bonds is 55. The van der Waals surface area contributed by atoms with E-state index in [4.69, 9.17) is 9.47 Å². The lowest BCUT2D eigenvalue weighted by molar-refractivity contribution is -0.154. The highest BCUT2D eigenvalue weighted by Crippen LogP contribution is 2.18. The molecule has 0 aliphatic carbocycles. The maximum atomic E-state index is 12.3. The second-order valence-electron chi connectivity index (χ2n) is 19.7. The molecule has 0 spiro atoms. The van der Waals surface area contributed by atoms with E-state index >= 15 is 0 Å². The van der Waals surface area contributed by atoms with Gasteiger partial charge in [0, 0.05) is 13.0 Å². The Morgan fingerprint density at radius 3 is 0.770 bits per heavy atom. The molecule has 1 atom stereocenters. The van der Waals surface area contributed by atoms with Crippen LogP contribution in [0.4, 0.5) is 0 Å².